The normalized spacial score (nSPS) is 11.0. The van der Waals surface area contributed by atoms with Gasteiger partial charge in [-0.1, -0.05) is 53.9 Å². The molecular weight excluding hydrogens is 364 g/mol. The summed E-state index contributed by atoms with van der Waals surface area (Å²) in [6.07, 6.45) is 0.936. The van der Waals surface area contributed by atoms with E-state index in [9.17, 15) is 4.79 Å². The second-order valence-corrected chi connectivity index (χ2v) is 8.26. The van der Waals surface area contributed by atoms with Gasteiger partial charge in [-0.05, 0) is 18.6 Å². The highest BCUT2D eigenvalue weighted by Crippen LogP contribution is 2.31. The summed E-state index contributed by atoms with van der Waals surface area (Å²) in [4.78, 5) is 16.0. The Bertz CT molecular complexity index is 785. The number of nitrogens with zero attached hydrogens (tertiary/aromatic N) is 3. The Morgan fingerprint density at radius 1 is 1.25 bits per heavy atom. The van der Waals surface area contributed by atoms with Crippen LogP contribution < -0.4 is 5.32 Å². The summed E-state index contributed by atoms with van der Waals surface area (Å²) in [5.41, 5.74) is 1.65. The van der Waals surface area contributed by atoms with Crippen LogP contribution in [0.1, 0.15) is 19.2 Å². The SMILES string of the molecule is CCCNC(=O)CSc1nnc(SCc2nc3ccccc3o2)s1. The summed E-state index contributed by atoms with van der Waals surface area (Å²) < 4.78 is 7.31. The number of oxazole rings is 1. The van der Waals surface area contributed by atoms with Crippen molar-refractivity contribution in [3.63, 3.8) is 0 Å². The van der Waals surface area contributed by atoms with Crippen LogP contribution in [0.3, 0.4) is 0 Å². The number of amides is 1. The lowest BCUT2D eigenvalue weighted by atomic mass is 10.3. The maximum atomic E-state index is 11.6. The highest BCUT2D eigenvalue weighted by Gasteiger charge is 2.11. The summed E-state index contributed by atoms with van der Waals surface area (Å²) in [6.45, 7) is 2.74. The Hall–Kier alpha value is -1.58. The van der Waals surface area contributed by atoms with E-state index in [0.717, 1.165) is 26.2 Å². The molecule has 9 heteroatoms. The second-order valence-electron chi connectivity index (χ2n) is 4.84. The molecule has 0 fully saturated rings. The standard InChI is InChI=1S/C15H16N4O2S3/c1-2-7-16-12(20)8-22-14-18-19-15(24-14)23-9-13-17-10-5-3-4-6-11(10)21-13/h3-6H,2,7-9H2,1H3,(H,16,20). The fraction of sp³-hybridized carbons (Fsp3) is 0.333. The number of aromatic nitrogens is 3. The number of carbonyl (C=O) groups excluding carboxylic acids is 1. The van der Waals surface area contributed by atoms with Gasteiger partial charge in [-0.15, -0.1) is 10.2 Å². The number of para-hydroxylation sites is 2. The molecule has 0 saturated heterocycles. The molecule has 126 valence electrons. The van der Waals surface area contributed by atoms with Crippen LogP contribution in [-0.4, -0.2) is 33.4 Å². The topological polar surface area (TPSA) is 80.9 Å². The predicted octanol–water partition coefficient (Wildman–Crippen LogP) is 3.59. The second kappa shape index (κ2) is 8.50. The molecule has 0 radical (unpaired) electrons. The van der Waals surface area contributed by atoms with Crippen molar-refractivity contribution in [2.75, 3.05) is 12.3 Å². The summed E-state index contributed by atoms with van der Waals surface area (Å²) in [7, 11) is 0. The molecule has 3 aromatic rings. The third-order valence-electron chi connectivity index (χ3n) is 2.94. The average Bonchev–Trinajstić information content (AvgIpc) is 3.22. The molecule has 0 aliphatic carbocycles. The van der Waals surface area contributed by atoms with E-state index in [1.54, 1.807) is 0 Å². The van der Waals surface area contributed by atoms with Crippen molar-refractivity contribution >= 4 is 51.9 Å². The quantitative estimate of drug-likeness (QED) is 0.598. The lowest BCUT2D eigenvalue weighted by Gasteiger charge is -2.00. The van der Waals surface area contributed by atoms with E-state index in [-0.39, 0.29) is 5.91 Å². The van der Waals surface area contributed by atoms with Gasteiger partial charge in [0, 0.05) is 6.54 Å². The maximum Gasteiger partial charge on any atom is 0.230 e. The molecule has 24 heavy (non-hydrogen) atoms. The van der Waals surface area contributed by atoms with Crippen molar-refractivity contribution in [2.45, 2.75) is 27.8 Å². The number of carbonyl (C=O) groups is 1. The summed E-state index contributed by atoms with van der Waals surface area (Å²) >= 11 is 4.42. The fourth-order valence-corrected chi connectivity index (χ4v) is 4.56. The molecule has 0 bridgehead atoms. The molecule has 0 aliphatic rings. The van der Waals surface area contributed by atoms with Gasteiger partial charge >= 0.3 is 0 Å². The monoisotopic (exact) mass is 380 g/mol. The Morgan fingerprint density at radius 3 is 2.83 bits per heavy atom. The average molecular weight is 381 g/mol. The van der Waals surface area contributed by atoms with Gasteiger partial charge in [0.15, 0.2) is 14.3 Å². The number of hydrogen-bond acceptors (Lipinski definition) is 8. The highest BCUT2D eigenvalue weighted by atomic mass is 32.2. The first-order valence-electron chi connectivity index (χ1n) is 7.45. The van der Waals surface area contributed by atoms with Gasteiger partial charge in [-0.2, -0.15) is 0 Å². The van der Waals surface area contributed by atoms with E-state index >= 15 is 0 Å². The van der Waals surface area contributed by atoms with E-state index in [1.165, 1.54) is 34.9 Å². The molecule has 0 saturated carbocycles. The van der Waals surface area contributed by atoms with Crippen molar-refractivity contribution in [2.24, 2.45) is 0 Å². The Balaban J connectivity index is 1.49. The molecule has 1 N–H and O–H groups in total. The zero-order chi connectivity index (χ0) is 16.8. The van der Waals surface area contributed by atoms with Crippen molar-refractivity contribution in [3.05, 3.63) is 30.2 Å². The smallest absolute Gasteiger partial charge is 0.230 e. The molecule has 0 spiro atoms. The van der Waals surface area contributed by atoms with Crippen LogP contribution in [0.2, 0.25) is 0 Å². The largest absolute Gasteiger partial charge is 0.440 e. The minimum absolute atomic E-state index is 0.0257. The molecule has 3 rings (SSSR count). The van der Waals surface area contributed by atoms with Crippen LogP contribution in [0.4, 0.5) is 0 Å². The molecule has 2 heterocycles. The van der Waals surface area contributed by atoms with Crippen LogP contribution >= 0.6 is 34.9 Å². The van der Waals surface area contributed by atoms with Crippen molar-refractivity contribution in [3.8, 4) is 0 Å². The minimum Gasteiger partial charge on any atom is -0.440 e. The number of nitrogens with one attached hydrogen (secondary N) is 1. The van der Waals surface area contributed by atoms with E-state index in [0.29, 0.717) is 23.9 Å². The van der Waals surface area contributed by atoms with Gasteiger partial charge in [0.05, 0.1) is 11.5 Å². The maximum absolute atomic E-state index is 11.6. The fourth-order valence-electron chi connectivity index (χ4n) is 1.86. The van der Waals surface area contributed by atoms with Gasteiger partial charge in [0.2, 0.25) is 11.8 Å². The number of benzene rings is 1. The van der Waals surface area contributed by atoms with Gasteiger partial charge in [0.1, 0.15) is 5.52 Å². The highest BCUT2D eigenvalue weighted by molar-refractivity contribution is 8.03. The van der Waals surface area contributed by atoms with Crippen molar-refractivity contribution in [1.82, 2.24) is 20.5 Å². The molecule has 0 atom stereocenters. The number of thioether (sulfide) groups is 2. The third kappa shape index (κ3) is 4.71. The molecule has 6 nitrogen and oxygen atoms in total. The minimum atomic E-state index is 0.0257. The predicted molar refractivity (Wildman–Crippen MR) is 97.5 cm³/mol. The summed E-state index contributed by atoms with van der Waals surface area (Å²) in [6, 6.07) is 7.69. The Kier molecular flexibility index (Phi) is 6.11. The number of hydrogen-bond donors (Lipinski definition) is 1. The lowest BCUT2D eigenvalue weighted by molar-refractivity contribution is -0.118. The van der Waals surface area contributed by atoms with Gasteiger partial charge in [0.25, 0.3) is 0 Å². The first-order valence-corrected chi connectivity index (χ1v) is 10.2. The van der Waals surface area contributed by atoms with Crippen molar-refractivity contribution < 1.29 is 9.21 Å². The van der Waals surface area contributed by atoms with Crippen LogP contribution in [0.25, 0.3) is 11.1 Å². The number of fused-ring (bicyclic) bond motifs is 1. The van der Waals surface area contributed by atoms with E-state index in [2.05, 4.69) is 20.5 Å². The Labute approximate surface area is 151 Å². The van der Waals surface area contributed by atoms with Crippen molar-refractivity contribution in [1.29, 1.82) is 0 Å². The molecule has 2 aromatic heterocycles. The van der Waals surface area contributed by atoms with Gasteiger partial charge in [-0.25, -0.2) is 4.98 Å². The third-order valence-corrected chi connectivity index (χ3v) is 6.12. The molecular formula is C15H16N4O2S3. The zero-order valence-electron chi connectivity index (χ0n) is 13.0. The van der Waals surface area contributed by atoms with Crippen LogP contribution in [0, 0.1) is 0 Å². The van der Waals surface area contributed by atoms with Gasteiger partial charge in [-0.3, -0.25) is 4.79 Å². The van der Waals surface area contributed by atoms with Crippen LogP contribution in [0.15, 0.2) is 37.4 Å². The Morgan fingerprint density at radius 2 is 2.04 bits per heavy atom. The van der Waals surface area contributed by atoms with Crippen LogP contribution in [-0.2, 0) is 10.5 Å². The molecule has 0 aliphatic heterocycles. The van der Waals surface area contributed by atoms with E-state index in [4.69, 9.17) is 4.42 Å². The number of rotatable bonds is 8. The molecule has 1 amide bonds. The van der Waals surface area contributed by atoms with E-state index < -0.39 is 0 Å². The van der Waals surface area contributed by atoms with Gasteiger partial charge < -0.3 is 9.73 Å². The van der Waals surface area contributed by atoms with Crippen LogP contribution in [0.5, 0.6) is 0 Å². The summed E-state index contributed by atoms with van der Waals surface area (Å²) in [5.74, 6) is 1.66. The first-order chi connectivity index (χ1) is 11.7. The van der Waals surface area contributed by atoms with E-state index in [1.807, 2.05) is 31.2 Å². The first kappa shape index (κ1) is 17.2. The molecule has 0 unspecified atom stereocenters. The summed E-state index contributed by atoms with van der Waals surface area (Å²) in [5, 5.41) is 11.1. The molecule has 1 aromatic carbocycles. The zero-order valence-corrected chi connectivity index (χ0v) is 15.5. The lowest BCUT2D eigenvalue weighted by Crippen LogP contribution is -2.25.